The van der Waals surface area contributed by atoms with Gasteiger partial charge in [0.05, 0.1) is 6.54 Å². The Hall–Kier alpha value is -0.570. The topological polar surface area (TPSA) is 23.6 Å². The van der Waals surface area contributed by atoms with Crippen molar-refractivity contribution in [3.63, 3.8) is 0 Å². The van der Waals surface area contributed by atoms with Gasteiger partial charge in [0.1, 0.15) is 0 Å². The fourth-order valence-electron chi connectivity index (χ4n) is 2.42. The molecule has 0 radical (unpaired) electrons. The average Bonchev–Trinajstić information content (AvgIpc) is 2.35. The SMILES string of the molecule is CCN(CC)CC(=O)N(C)C1CCCCC1. The van der Waals surface area contributed by atoms with Crippen molar-refractivity contribution in [3.05, 3.63) is 0 Å². The molecule has 1 fully saturated rings. The lowest BCUT2D eigenvalue weighted by Gasteiger charge is -2.32. The van der Waals surface area contributed by atoms with Crippen LogP contribution in [0.5, 0.6) is 0 Å². The Morgan fingerprint density at radius 2 is 1.69 bits per heavy atom. The van der Waals surface area contributed by atoms with Crippen LogP contribution in [0.15, 0.2) is 0 Å². The molecular formula is C13H26N2O. The van der Waals surface area contributed by atoms with Gasteiger partial charge in [0.15, 0.2) is 0 Å². The van der Waals surface area contributed by atoms with E-state index in [-0.39, 0.29) is 5.91 Å². The molecule has 1 rings (SSSR count). The molecule has 0 atom stereocenters. The molecule has 3 nitrogen and oxygen atoms in total. The van der Waals surface area contributed by atoms with Crippen molar-refractivity contribution in [2.24, 2.45) is 0 Å². The highest BCUT2D eigenvalue weighted by atomic mass is 16.2. The molecular weight excluding hydrogens is 200 g/mol. The third-order valence-electron chi connectivity index (χ3n) is 3.77. The van der Waals surface area contributed by atoms with Crippen molar-refractivity contribution >= 4 is 5.91 Å². The molecule has 3 heteroatoms. The van der Waals surface area contributed by atoms with E-state index >= 15 is 0 Å². The van der Waals surface area contributed by atoms with Crippen LogP contribution < -0.4 is 0 Å². The molecule has 0 heterocycles. The molecule has 0 bridgehead atoms. The van der Waals surface area contributed by atoms with E-state index in [9.17, 15) is 4.79 Å². The van der Waals surface area contributed by atoms with Gasteiger partial charge in [-0.15, -0.1) is 0 Å². The van der Waals surface area contributed by atoms with Crippen LogP contribution in [0.25, 0.3) is 0 Å². The molecule has 0 aromatic heterocycles. The van der Waals surface area contributed by atoms with E-state index in [1.165, 1.54) is 32.1 Å². The summed E-state index contributed by atoms with van der Waals surface area (Å²) in [6, 6.07) is 0.497. The fraction of sp³-hybridized carbons (Fsp3) is 0.923. The van der Waals surface area contributed by atoms with Crippen LogP contribution in [-0.2, 0) is 4.79 Å². The Bertz CT molecular complexity index is 208. The minimum Gasteiger partial charge on any atom is -0.342 e. The van der Waals surface area contributed by atoms with Crippen LogP contribution in [0.2, 0.25) is 0 Å². The monoisotopic (exact) mass is 226 g/mol. The maximum atomic E-state index is 12.1. The number of nitrogens with zero attached hydrogens (tertiary/aromatic N) is 2. The Morgan fingerprint density at radius 1 is 1.12 bits per heavy atom. The average molecular weight is 226 g/mol. The first kappa shape index (κ1) is 13.5. The minimum atomic E-state index is 0.288. The maximum absolute atomic E-state index is 12.1. The van der Waals surface area contributed by atoms with Crippen LogP contribution in [0.1, 0.15) is 46.0 Å². The van der Waals surface area contributed by atoms with Gasteiger partial charge in [0, 0.05) is 13.1 Å². The second-order valence-electron chi connectivity index (χ2n) is 4.76. The minimum absolute atomic E-state index is 0.288. The smallest absolute Gasteiger partial charge is 0.236 e. The summed E-state index contributed by atoms with van der Waals surface area (Å²) < 4.78 is 0. The van der Waals surface area contributed by atoms with E-state index < -0.39 is 0 Å². The summed E-state index contributed by atoms with van der Waals surface area (Å²) in [7, 11) is 1.97. The lowest BCUT2D eigenvalue weighted by atomic mass is 9.94. The van der Waals surface area contributed by atoms with Gasteiger partial charge in [0.25, 0.3) is 0 Å². The van der Waals surface area contributed by atoms with Crippen LogP contribution in [0, 0.1) is 0 Å². The second-order valence-corrected chi connectivity index (χ2v) is 4.76. The van der Waals surface area contributed by atoms with E-state index in [1.54, 1.807) is 0 Å². The van der Waals surface area contributed by atoms with Gasteiger partial charge in [-0.2, -0.15) is 0 Å². The number of carbonyl (C=O) groups excluding carboxylic acids is 1. The van der Waals surface area contributed by atoms with Gasteiger partial charge < -0.3 is 4.90 Å². The third-order valence-corrected chi connectivity index (χ3v) is 3.77. The molecule has 1 saturated carbocycles. The van der Waals surface area contributed by atoms with Crippen molar-refractivity contribution < 1.29 is 4.79 Å². The summed E-state index contributed by atoms with van der Waals surface area (Å²) in [5.74, 6) is 0.288. The van der Waals surface area contributed by atoms with E-state index in [4.69, 9.17) is 0 Å². The van der Waals surface area contributed by atoms with Crippen LogP contribution in [0.4, 0.5) is 0 Å². The van der Waals surface area contributed by atoms with E-state index in [2.05, 4.69) is 18.7 Å². The van der Waals surface area contributed by atoms with E-state index in [1.807, 2.05) is 11.9 Å². The van der Waals surface area contributed by atoms with Gasteiger partial charge >= 0.3 is 0 Å². The molecule has 1 aliphatic rings. The van der Waals surface area contributed by atoms with Crippen molar-refractivity contribution in [3.8, 4) is 0 Å². The summed E-state index contributed by atoms with van der Waals surface area (Å²) in [5.41, 5.74) is 0. The third kappa shape index (κ3) is 3.78. The zero-order valence-electron chi connectivity index (χ0n) is 11.0. The Balaban J connectivity index is 2.39. The lowest BCUT2D eigenvalue weighted by Crippen LogP contribution is -2.44. The normalized spacial score (nSPS) is 17.8. The second kappa shape index (κ2) is 6.89. The van der Waals surface area contributed by atoms with Crippen molar-refractivity contribution in [1.29, 1.82) is 0 Å². The molecule has 0 aromatic carbocycles. The summed E-state index contributed by atoms with van der Waals surface area (Å²) in [6.07, 6.45) is 6.30. The van der Waals surface area contributed by atoms with Crippen LogP contribution >= 0.6 is 0 Å². The van der Waals surface area contributed by atoms with Gasteiger partial charge in [0.2, 0.25) is 5.91 Å². The first-order valence-corrected chi connectivity index (χ1v) is 6.67. The highest BCUT2D eigenvalue weighted by Gasteiger charge is 2.22. The molecule has 0 aromatic rings. The molecule has 0 N–H and O–H groups in total. The number of hydrogen-bond donors (Lipinski definition) is 0. The highest BCUT2D eigenvalue weighted by molar-refractivity contribution is 5.78. The standard InChI is InChI=1S/C13H26N2O/c1-4-15(5-2)11-13(16)14(3)12-9-7-6-8-10-12/h12H,4-11H2,1-3H3. The summed E-state index contributed by atoms with van der Waals surface area (Å²) >= 11 is 0. The molecule has 0 unspecified atom stereocenters. The number of rotatable bonds is 5. The quantitative estimate of drug-likeness (QED) is 0.717. The predicted molar refractivity (Wildman–Crippen MR) is 67.4 cm³/mol. The lowest BCUT2D eigenvalue weighted by molar-refractivity contribution is -0.133. The van der Waals surface area contributed by atoms with Crippen molar-refractivity contribution in [2.75, 3.05) is 26.7 Å². The first-order valence-electron chi connectivity index (χ1n) is 6.67. The Morgan fingerprint density at radius 3 is 2.19 bits per heavy atom. The first-order chi connectivity index (χ1) is 7.69. The summed E-state index contributed by atoms with van der Waals surface area (Å²) in [6.45, 7) is 6.72. The molecule has 94 valence electrons. The van der Waals surface area contributed by atoms with Gasteiger partial charge in [-0.05, 0) is 25.9 Å². The Labute approximate surface area is 99.8 Å². The zero-order chi connectivity index (χ0) is 12.0. The van der Waals surface area contributed by atoms with E-state index in [0.29, 0.717) is 12.6 Å². The van der Waals surface area contributed by atoms with Crippen LogP contribution in [-0.4, -0.2) is 48.4 Å². The van der Waals surface area contributed by atoms with Gasteiger partial charge in [-0.3, -0.25) is 9.69 Å². The molecule has 0 saturated heterocycles. The fourth-order valence-corrected chi connectivity index (χ4v) is 2.42. The largest absolute Gasteiger partial charge is 0.342 e. The summed E-state index contributed by atoms with van der Waals surface area (Å²) in [5, 5.41) is 0. The molecule has 1 amide bonds. The van der Waals surface area contributed by atoms with Crippen LogP contribution in [0.3, 0.4) is 0 Å². The van der Waals surface area contributed by atoms with Crippen molar-refractivity contribution in [1.82, 2.24) is 9.80 Å². The number of likely N-dealkylation sites (N-methyl/N-ethyl adjacent to an activating group) is 2. The predicted octanol–water partition coefficient (Wildman–Crippen LogP) is 2.12. The summed E-state index contributed by atoms with van der Waals surface area (Å²) in [4.78, 5) is 16.2. The molecule has 16 heavy (non-hydrogen) atoms. The van der Waals surface area contributed by atoms with Gasteiger partial charge in [-0.25, -0.2) is 0 Å². The van der Waals surface area contributed by atoms with Gasteiger partial charge in [-0.1, -0.05) is 33.1 Å². The number of carbonyl (C=O) groups is 1. The number of hydrogen-bond acceptors (Lipinski definition) is 2. The van der Waals surface area contributed by atoms with Crippen molar-refractivity contribution in [2.45, 2.75) is 52.0 Å². The molecule has 1 aliphatic carbocycles. The zero-order valence-corrected chi connectivity index (χ0v) is 11.0. The molecule has 0 aliphatic heterocycles. The number of amides is 1. The highest BCUT2D eigenvalue weighted by Crippen LogP contribution is 2.21. The van der Waals surface area contributed by atoms with E-state index in [0.717, 1.165) is 13.1 Å². The molecule has 0 spiro atoms. The maximum Gasteiger partial charge on any atom is 0.236 e. The Kier molecular flexibility index (Phi) is 5.81.